The molecular weight excluding hydrogens is 232 g/mol. The lowest BCUT2D eigenvalue weighted by Crippen LogP contribution is -2.41. The third-order valence-electron chi connectivity index (χ3n) is 3.21. The van der Waals surface area contributed by atoms with Crippen molar-refractivity contribution in [3.8, 4) is 0 Å². The average Bonchev–Trinajstić information content (AvgIpc) is 2.37. The molecule has 0 unspecified atom stereocenters. The van der Waals surface area contributed by atoms with Crippen molar-refractivity contribution in [2.24, 2.45) is 5.73 Å². The smallest absolute Gasteiger partial charge is 0.0991 e. The van der Waals surface area contributed by atoms with Gasteiger partial charge < -0.3 is 10.8 Å². The standard InChI is InChI=1S/C13H18N2OS/c14-7-13(17)12(16)9-15-6-5-10-3-1-2-4-11(10)8-15/h1-4,12,16H,5-9,14H2/t12-/m1/s1. The second kappa shape index (κ2) is 5.69. The molecule has 0 aliphatic carbocycles. The zero-order valence-electron chi connectivity index (χ0n) is 9.80. The molecule has 0 spiro atoms. The van der Waals surface area contributed by atoms with E-state index in [2.05, 4.69) is 29.2 Å². The quantitative estimate of drug-likeness (QED) is 0.774. The molecule has 0 bridgehead atoms. The summed E-state index contributed by atoms with van der Waals surface area (Å²) in [5.74, 6) is 0. The second-order valence-corrected chi connectivity index (χ2v) is 4.96. The maximum Gasteiger partial charge on any atom is 0.0991 e. The first-order valence-electron chi connectivity index (χ1n) is 5.90. The SMILES string of the molecule is NCC(=S)[C@H](O)CN1CCc2ccccc2C1. The summed E-state index contributed by atoms with van der Waals surface area (Å²) in [5.41, 5.74) is 8.20. The number of aliphatic hydroxyl groups is 1. The molecule has 0 saturated heterocycles. The number of fused-ring (bicyclic) bond motifs is 1. The number of hydrogen-bond donors (Lipinski definition) is 2. The number of benzene rings is 1. The van der Waals surface area contributed by atoms with Crippen molar-refractivity contribution >= 4 is 17.1 Å². The Bertz CT molecular complexity index is 408. The van der Waals surface area contributed by atoms with Gasteiger partial charge in [0.15, 0.2) is 0 Å². The molecular formula is C13H18N2OS. The fourth-order valence-corrected chi connectivity index (χ4v) is 2.27. The van der Waals surface area contributed by atoms with Gasteiger partial charge in [-0.1, -0.05) is 36.5 Å². The molecule has 0 radical (unpaired) electrons. The number of β-amino-alcohol motifs (C(OH)–C–C–N with tert-alkyl or cyclic N) is 1. The molecule has 0 fully saturated rings. The first-order chi connectivity index (χ1) is 8.20. The molecule has 3 nitrogen and oxygen atoms in total. The first kappa shape index (κ1) is 12.6. The van der Waals surface area contributed by atoms with Crippen molar-refractivity contribution in [2.75, 3.05) is 19.6 Å². The molecule has 0 amide bonds. The Morgan fingerprint density at radius 2 is 2.12 bits per heavy atom. The molecule has 0 aromatic heterocycles. The molecule has 3 N–H and O–H groups in total. The summed E-state index contributed by atoms with van der Waals surface area (Å²) in [7, 11) is 0. The summed E-state index contributed by atoms with van der Waals surface area (Å²) in [5, 5.41) is 9.86. The van der Waals surface area contributed by atoms with E-state index in [4.69, 9.17) is 18.0 Å². The van der Waals surface area contributed by atoms with E-state index in [9.17, 15) is 5.11 Å². The van der Waals surface area contributed by atoms with Crippen LogP contribution in [0.1, 0.15) is 11.1 Å². The zero-order valence-corrected chi connectivity index (χ0v) is 10.6. The fourth-order valence-electron chi connectivity index (χ4n) is 2.19. The summed E-state index contributed by atoms with van der Waals surface area (Å²) < 4.78 is 0. The number of nitrogens with zero attached hydrogens (tertiary/aromatic N) is 1. The van der Waals surface area contributed by atoms with Crippen LogP contribution >= 0.6 is 12.2 Å². The maximum atomic E-state index is 9.86. The van der Waals surface area contributed by atoms with E-state index in [1.54, 1.807) is 0 Å². The Balaban J connectivity index is 1.96. The molecule has 1 heterocycles. The number of rotatable bonds is 4. The summed E-state index contributed by atoms with van der Waals surface area (Å²) >= 11 is 5.02. The highest BCUT2D eigenvalue weighted by Gasteiger charge is 2.19. The van der Waals surface area contributed by atoms with Crippen molar-refractivity contribution in [3.63, 3.8) is 0 Å². The van der Waals surface area contributed by atoms with Crippen LogP contribution in [0.3, 0.4) is 0 Å². The van der Waals surface area contributed by atoms with E-state index in [-0.39, 0.29) is 6.54 Å². The first-order valence-corrected chi connectivity index (χ1v) is 6.31. The van der Waals surface area contributed by atoms with Gasteiger partial charge in [0.05, 0.1) is 6.10 Å². The van der Waals surface area contributed by atoms with Gasteiger partial charge in [-0.3, -0.25) is 4.90 Å². The Hall–Kier alpha value is -0.810. The van der Waals surface area contributed by atoms with Crippen LogP contribution in [0.15, 0.2) is 24.3 Å². The third kappa shape index (κ3) is 3.10. The lowest BCUT2D eigenvalue weighted by Gasteiger charge is -2.30. The van der Waals surface area contributed by atoms with E-state index < -0.39 is 6.10 Å². The van der Waals surface area contributed by atoms with Crippen LogP contribution < -0.4 is 5.73 Å². The second-order valence-electron chi connectivity index (χ2n) is 4.44. The minimum Gasteiger partial charge on any atom is -0.386 e. The molecule has 2 rings (SSSR count). The van der Waals surface area contributed by atoms with Gasteiger partial charge >= 0.3 is 0 Å². The predicted molar refractivity (Wildman–Crippen MR) is 73.1 cm³/mol. The van der Waals surface area contributed by atoms with E-state index >= 15 is 0 Å². The van der Waals surface area contributed by atoms with Gasteiger partial charge in [-0.25, -0.2) is 0 Å². The molecule has 92 valence electrons. The molecule has 1 aromatic carbocycles. The Morgan fingerprint density at radius 3 is 2.82 bits per heavy atom. The minimum absolute atomic E-state index is 0.279. The van der Waals surface area contributed by atoms with Gasteiger partial charge in [-0.15, -0.1) is 0 Å². The Morgan fingerprint density at radius 1 is 1.41 bits per heavy atom. The van der Waals surface area contributed by atoms with Crippen LogP contribution in [0.2, 0.25) is 0 Å². The van der Waals surface area contributed by atoms with Crippen LogP contribution in [0, 0.1) is 0 Å². The van der Waals surface area contributed by atoms with Crippen molar-refractivity contribution in [1.82, 2.24) is 4.90 Å². The summed E-state index contributed by atoms with van der Waals surface area (Å²) in [6, 6.07) is 8.46. The van der Waals surface area contributed by atoms with Gasteiger partial charge in [-0.2, -0.15) is 0 Å². The van der Waals surface area contributed by atoms with E-state index in [0.29, 0.717) is 11.4 Å². The fraction of sp³-hybridized carbons (Fsp3) is 0.462. The van der Waals surface area contributed by atoms with Crippen molar-refractivity contribution < 1.29 is 5.11 Å². The average molecular weight is 250 g/mol. The topological polar surface area (TPSA) is 49.5 Å². The predicted octanol–water partition coefficient (Wildman–Crippen LogP) is 0.734. The van der Waals surface area contributed by atoms with Crippen molar-refractivity contribution in [3.05, 3.63) is 35.4 Å². The van der Waals surface area contributed by atoms with Gasteiger partial charge in [0.1, 0.15) is 0 Å². The summed E-state index contributed by atoms with van der Waals surface area (Å²) in [6.07, 6.45) is 0.457. The summed E-state index contributed by atoms with van der Waals surface area (Å²) in [4.78, 5) is 2.78. The number of hydrogen-bond acceptors (Lipinski definition) is 4. The van der Waals surface area contributed by atoms with Gasteiger partial charge in [-0.05, 0) is 17.5 Å². The summed E-state index contributed by atoms with van der Waals surface area (Å²) in [6.45, 7) is 2.73. The number of aliphatic hydroxyl groups excluding tert-OH is 1. The molecule has 17 heavy (non-hydrogen) atoms. The molecule has 0 saturated carbocycles. The number of nitrogens with two attached hydrogens (primary N) is 1. The van der Waals surface area contributed by atoms with Crippen molar-refractivity contribution in [1.29, 1.82) is 0 Å². The van der Waals surface area contributed by atoms with Gasteiger partial charge in [0.25, 0.3) is 0 Å². The van der Waals surface area contributed by atoms with E-state index in [1.807, 2.05) is 0 Å². The lowest BCUT2D eigenvalue weighted by atomic mass is 9.99. The molecule has 1 aromatic rings. The molecule has 1 aliphatic heterocycles. The normalized spacial score (nSPS) is 17.5. The lowest BCUT2D eigenvalue weighted by molar-refractivity contribution is 0.151. The maximum absolute atomic E-state index is 9.86. The number of thiocarbonyl (C=S) groups is 1. The van der Waals surface area contributed by atoms with Crippen LogP contribution in [-0.4, -0.2) is 40.6 Å². The largest absolute Gasteiger partial charge is 0.386 e. The molecule has 1 aliphatic rings. The zero-order chi connectivity index (χ0) is 12.3. The monoisotopic (exact) mass is 250 g/mol. The highest BCUT2D eigenvalue weighted by atomic mass is 32.1. The van der Waals surface area contributed by atoms with Crippen LogP contribution in [0.4, 0.5) is 0 Å². The molecule has 1 atom stereocenters. The van der Waals surface area contributed by atoms with Crippen LogP contribution in [-0.2, 0) is 13.0 Å². The van der Waals surface area contributed by atoms with Crippen LogP contribution in [0.5, 0.6) is 0 Å². The minimum atomic E-state index is -0.583. The Kier molecular flexibility index (Phi) is 4.23. The highest BCUT2D eigenvalue weighted by molar-refractivity contribution is 7.80. The van der Waals surface area contributed by atoms with Crippen molar-refractivity contribution in [2.45, 2.75) is 19.1 Å². The van der Waals surface area contributed by atoms with E-state index in [1.165, 1.54) is 11.1 Å². The van der Waals surface area contributed by atoms with Gasteiger partial charge in [0.2, 0.25) is 0 Å². The Labute approximate surface area is 107 Å². The van der Waals surface area contributed by atoms with Crippen LogP contribution in [0.25, 0.3) is 0 Å². The molecule has 4 heteroatoms. The highest BCUT2D eigenvalue weighted by Crippen LogP contribution is 2.18. The third-order valence-corrected chi connectivity index (χ3v) is 3.65. The van der Waals surface area contributed by atoms with Gasteiger partial charge in [0, 0.05) is 31.0 Å². The van der Waals surface area contributed by atoms with E-state index in [0.717, 1.165) is 19.5 Å².